The maximum atomic E-state index is 13.3. The number of imidazole rings is 1. The molecule has 0 N–H and O–H groups in total. The topological polar surface area (TPSA) is 78.1 Å². The molecule has 0 radical (unpaired) electrons. The van der Waals surface area contributed by atoms with Gasteiger partial charge in [-0.2, -0.15) is 0 Å². The molecule has 0 atom stereocenters. The standard InChI is InChI=1S/C25H30N2O4S/c1-17(2)26-22-15-19(23(28)16-25(4)10-12-32(30,31)13-11-25)8-9-21(22)27(24(26)29)20-7-5-6-18(3)14-20/h5-9,14-15,17H,10-13,16H2,1-4H3. The van der Waals surface area contributed by atoms with Gasteiger partial charge >= 0.3 is 5.69 Å². The summed E-state index contributed by atoms with van der Waals surface area (Å²) >= 11 is 0. The second kappa shape index (κ2) is 8.03. The summed E-state index contributed by atoms with van der Waals surface area (Å²) in [5.41, 5.74) is 3.47. The Labute approximate surface area is 188 Å². The highest BCUT2D eigenvalue weighted by molar-refractivity contribution is 7.91. The van der Waals surface area contributed by atoms with E-state index in [0.717, 1.165) is 22.3 Å². The molecule has 0 saturated carbocycles. The van der Waals surface area contributed by atoms with Crippen LogP contribution in [0.3, 0.4) is 0 Å². The Kier molecular flexibility index (Phi) is 5.65. The third-order valence-electron chi connectivity index (χ3n) is 6.59. The van der Waals surface area contributed by atoms with Crippen molar-refractivity contribution in [3.63, 3.8) is 0 Å². The van der Waals surface area contributed by atoms with Crippen LogP contribution in [0.15, 0.2) is 47.3 Å². The van der Waals surface area contributed by atoms with Crippen LogP contribution >= 0.6 is 0 Å². The second-order valence-electron chi connectivity index (χ2n) is 9.69. The maximum absolute atomic E-state index is 13.3. The van der Waals surface area contributed by atoms with Crippen molar-refractivity contribution in [3.05, 3.63) is 64.1 Å². The molecule has 0 aliphatic carbocycles. The summed E-state index contributed by atoms with van der Waals surface area (Å²) in [7, 11) is -2.98. The van der Waals surface area contributed by atoms with Crippen LogP contribution in [-0.4, -0.2) is 34.8 Å². The first-order valence-electron chi connectivity index (χ1n) is 11.1. The van der Waals surface area contributed by atoms with Gasteiger partial charge in [0.2, 0.25) is 0 Å². The summed E-state index contributed by atoms with van der Waals surface area (Å²) in [5, 5.41) is 0. The van der Waals surface area contributed by atoms with Crippen molar-refractivity contribution in [2.45, 2.75) is 53.0 Å². The van der Waals surface area contributed by atoms with Crippen molar-refractivity contribution in [1.29, 1.82) is 0 Å². The molecule has 1 aliphatic rings. The van der Waals surface area contributed by atoms with E-state index in [2.05, 4.69) is 0 Å². The van der Waals surface area contributed by atoms with Crippen LogP contribution in [0.5, 0.6) is 0 Å². The molecular weight excluding hydrogens is 424 g/mol. The lowest BCUT2D eigenvalue weighted by Gasteiger charge is -2.32. The van der Waals surface area contributed by atoms with E-state index in [4.69, 9.17) is 0 Å². The Morgan fingerprint density at radius 2 is 1.75 bits per heavy atom. The van der Waals surface area contributed by atoms with E-state index >= 15 is 0 Å². The maximum Gasteiger partial charge on any atom is 0.333 e. The zero-order valence-corrected chi connectivity index (χ0v) is 19.9. The average Bonchev–Trinajstić information content (AvgIpc) is 3.01. The van der Waals surface area contributed by atoms with Crippen LogP contribution in [0, 0.1) is 12.3 Å². The van der Waals surface area contributed by atoms with E-state index in [1.54, 1.807) is 15.2 Å². The summed E-state index contributed by atoms with van der Waals surface area (Å²) in [4.78, 5) is 26.5. The van der Waals surface area contributed by atoms with E-state index in [1.807, 2.05) is 64.1 Å². The minimum absolute atomic E-state index is 0.0141. The molecule has 7 heteroatoms. The highest BCUT2D eigenvalue weighted by Crippen LogP contribution is 2.36. The molecule has 2 heterocycles. The van der Waals surface area contributed by atoms with Crippen LogP contribution in [-0.2, 0) is 9.84 Å². The molecule has 6 nitrogen and oxygen atoms in total. The Balaban J connectivity index is 1.75. The normalized spacial score (nSPS) is 17.7. The summed E-state index contributed by atoms with van der Waals surface area (Å²) in [6.45, 7) is 7.90. The average molecular weight is 455 g/mol. The van der Waals surface area contributed by atoms with Crippen LogP contribution in [0.4, 0.5) is 0 Å². The number of hydrogen-bond acceptors (Lipinski definition) is 4. The molecule has 0 spiro atoms. The van der Waals surface area contributed by atoms with Gasteiger partial charge in [-0.15, -0.1) is 0 Å². The molecule has 1 aliphatic heterocycles. The number of Topliss-reactive ketones (excluding diaryl/α,β-unsaturated/α-hetero) is 1. The number of fused-ring (bicyclic) bond motifs is 1. The number of carbonyl (C=O) groups excluding carboxylic acids is 1. The van der Waals surface area contributed by atoms with Gasteiger partial charge in [0.05, 0.1) is 28.2 Å². The van der Waals surface area contributed by atoms with Gasteiger partial charge < -0.3 is 0 Å². The largest absolute Gasteiger partial charge is 0.333 e. The molecule has 1 aromatic heterocycles. The SMILES string of the molecule is Cc1cccc(-n2c(=O)n(C(C)C)c3cc(C(=O)CC4(C)CCS(=O)(=O)CC4)ccc32)c1. The van der Waals surface area contributed by atoms with E-state index < -0.39 is 9.84 Å². The Hall–Kier alpha value is -2.67. The van der Waals surface area contributed by atoms with Gasteiger partial charge in [0, 0.05) is 18.0 Å². The second-order valence-corrected chi connectivity index (χ2v) is 12.0. The number of carbonyl (C=O) groups is 1. The number of benzene rings is 2. The van der Waals surface area contributed by atoms with E-state index in [0.29, 0.717) is 24.8 Å². The first kappa shape index (κ1) is 22.5. The van der Waals surface area contributed by atoms with Crippen molar-refractivity contribution in [1.82, 2.24) is 9.13 Å². The number of rotatable bonds is 5. The van der Waals surface area contributed by atoms with Gasteiger partial charge in [-0.05, 0) is 74.9 Å². The van der Waals surface area contributed by atoms with Gasteiger partial charge in [-0.25, -0.2) is 13.2 Å². The first-order valence-corrected chi connectivity index (χ1v) is 12.9. The lowest BCUT2D eigenvalue weighted by molar-refractivity contribution is 0.0911. The number of nitrogens with zero attached hydrogens (tertiary/aromatic N) is 2. The molecule has 4 rings (SSSR count). The Morgan fingerprint density at radius 3 is 2.38 bits per heavy atom. The predicted octanol–water partition coefficient (Wildman–Crippen LogP) is 4.47. The van der Waals surface area contributed by atoms with Crippen LogP contribution in [0.25, 0.3) is 16.7 Å². The predicted molar refractivity (Wildman–Crippen MR) is 128 cm³/mol. The highest BCUT2D eigenvalue weighted by Gasteiger charge is 2.35. The number of aromatic nitrogens is 2. The fourth-order valence-corrected chi connectivity index (χ4v) is 6.42. The molecular formula is C25H30N2O4S. The van der Waals surface area contributed by atoms with Gasteiger partial charge in [0.25, 0.3) is 0 Å². The third-order valence-corrected chi connectivity index (χ3v) is 8.24. The van der Waals surface area contributed by atoms with Crippen LogP contribution < -0.4 is 5.69 Å². The third kappa shape index (κ3) is 4.18. The van der Waals surface area contributed by atoms with Gasteiger partial charge in [-0.3, -0.25) is 13.9 Å². The Morgan fingerprint density at radius 1 is 1.06 bits per heavy atom. The zero-order chi connectivity index (χ0) is 23.3. The van der Waals surface area contributed by atoms with Crippen LogP contribution in [0.2, 0.25) is 0 Å². The summed E-state index contributed by atoms with van der Waals surface area (Å²) < 4.78 is 27.0. The molecule has 0 amide bonds. The van der Waals surface area contributed by atoms with E-state index in [9.17, 15) is 18.0 Å². The molecule has 170 valence electrons. The smallest absolute Gasteiger partial charge is 0.294 e. The molecule has 0 bridgehead atoms. The zero-order valence-electron chi connectivity index (χ0n) is 19.1. The van der Waals surface area contributed by atoms with Crippen molar-refractivity contribution in [2.75, 3.05) is 11.5 Å². The van der Waals surface area contributed by atoms with Crippen LogP contribution in [0.1, 0.15) is 62.0 Å². The first-order chi connectivity index (χ1) is 15.0. The number of ketones is 1. The molecule has 1 saturated heterocycles. The lowest BCUT2D eigenvalue weighted by Crippen LogP contribution is -2.33. The summed E-state index contributed by atoms with van der Waals surface area (Å²) in [6.07, 6.45) is 1.31. The monoisotopic (exact) mass is 454 g/mol. The van der Waals surface area contributed by atoms with Crippen molar-refractivity contribution in [3.8, 4) is 5.69 Å². The Bertz CT molecular complexity index is 1350. The number of sulfone groups is 1. The number of hydrogen-bond donors (Lipinski definition) is 0. The van der Waals surface area contributed by atoms with Gasteiger partial charge in [0.15, 0.2) is 5.78 Å². The fraction of sp³-hybridized carbons (Fsp3) is 0.440. The molecule has 0 unspecified atom stereocenters. The van der Waals surface area contributed by atoms with Gasteiger partial charge in [0.1, 0.15) is 9.84 Å². The minimum atomic E-state index is -2.98. The van der Waals surface area contributed by atoms with Crippen molar-refractivity contribution in [2.24, 2.45) is 5.41 Å². The molecule has 1 fully saturated rings. The molecule has 3 aromatic rings. The summed E-state index contributed by atoms with van der Waals surface area (Å²) in [6, 6.07) is 13.2. The lowest BCUT2D eigenvalue weighted by atomic mass is 9.78. The number of aryl methyl sites for hydroxylation is 1. The molecule has 2 aromatic carbocycles. The van der Waals surface area contributed by atoms with Crippen molar-refractivity contribution >= 4 is 26.7 Å². The van der Waals surface area contributed by atoms with E-state index in [-0.39, 0.29) is 34.4 Å². The van der Waals surface area contributed by atoms with E-state index in [1.165, 1.54) is 0 Å². The molecule has 32 heavy (non-hydrogen) atoms. The quantitative estimate of drug-likeness (QED) is 0.533. The minimum Gasteiger partial charge on any atom is -0.294 e. The van der Waals surface area contributed by atoms with Gasteiger partial charge in [-0.1, -0.05) is 19.1 Å². The summed E-state index contributed by atoms with van der Waals surface area (Å²) in [5.74, 6) is 0.268. The van der Waals surface area contributed by atoms with Crippen molar-refractivity contribution < 1.29 is 13.2 Å². The highest BCUT2D eigenvalue weighted by atomic mass is 32.2. The fourth-order valence-electron chi connectivity index (χ4n) is 4.61.